The molecule has 0 aliphatic rings. The predicted molar refractivity (Wildman–Crippen MR) is 85.7 cm³/mol. The molecule has 23 heavy (non-hydrogen) atoms. The first-order valence-electron chi connectivity index (χ1n) is 6.71. The van der Waals surface area contributed by atoms with Gasteiger partial charge in [-0.1, -0.05) is 29.8 Å². The third-order valence-corrected chi connectivity index (χ3v) is 3.42. The second-order valence-electron chi connectivity index (χ2n) is 4.67. The number of rotatable bonds is 4. The summed E-state index contributed by atoms with van der Waals surface area (Å²) >= 11 is 5.83. The molecule has 0 saturated heterocycles. The maximum absolute atomic E-state index is 12.6. The molecule has 0 atom stereocenters. The zero-order chi connectivity index (χ0) is 16.2. The Kier molecular flexibility index (Phi) is 4.16. The third-order valence-electron chi connectivity index (χ3n) is 3.17. The van der Waals surface area contributed by atoms with Crippen molar-refractivity contribution < 1.29 is 9.59 Å². The van der Waals surface area contributed by atoms with Gasteiger partial charge in [-0.25, -0.2) is 5.10 Å². The largest absolute Gasteiger partial charge is 0.291 e. The molecule has 3 aromatic rings. The topological polar surface area (TPSA) is 87.7 Å². The number of hydrogen-bond donors (Lipinski definition) is 2. The molecule has 0 saturated carbocycles. The molecule has 0 fully saturated rings. The fraction of sp³-hybridized carbons (Fsp3) is 0. The number of nitrogens with one attached hydrogen (secondary N) is 2. The van der Waals surface area contributed by atoms with E-state index in [-0.39, 0.29) is 17.3 Å². The van der Waals surface area contributed by atoms with Crippen LogP contribution in [0.25, 0.3) is 0 Å². The van der Waals surface area contributed by atoms with Crippen LogP contribution in [0.2, 0.25) is 5.02 Å². The van der Waals surface area contributed by atoms with E-state index in [0.29, 0.717) is 16.1 Å². The van der Waals surface area contributed by atoms with E-state index >= 15 is 0 Å². The Hall–Kier alpha value is -2.99. The number of aromatic nitrogens is 3. The number of ketones is 1. The van der Waals surface area contributed by atoms with Crippen LogP contribution in [0.4, 0.5) is 5.95 Å². The molecule has 0 unspecified atom stereocenters. The third kappa shape index (κ3) is 3.27. The molecule has 6 nitrogen and oxygen atoms in total. The van der Waals surface area contributed by atoms with Gasteiger partial charge in [0.05, 0.1) is 5.56 Å². The van der Waals surface area contributed by atoms with E-state index in [1.807, 2.05) is 0 Å². The Labute approximate surface area is 136 Å². The van der Waals surface area contributed by atoms with E-state index in [1.54, 1.807) is 48.5 Å². The highest BCUT2D eigenvalue weighted by Crippen LogP contribution is 2.17. The summed E-state index contributed by atoms with van der Waals surface area (Å²) in [5.41, 5.74) is 1.00. The van der Waals surface area contributed by atoms with Crippen molar-refractivity contribution in [2.75, 3.05) is 5.32 Å². The van der Waals surface area contributed by atoms with Crippen molar-refractivity contribution in [1.82, 2.24) is 15.2 Å². The van der Waals surface area contributed by atoms with Crippen LogP contribution in [0.3, 0.4) is 0 Å². The fourth-order valence-corrected chi connectivity index (χ4v) is 2.20. The number of H-pyrrole nitrogens is 1. The van der Waals surface area contributed by atoms with Crippen molar-refractivity contribution in [2.24, 2.45) is 0 Å². The van der Waals surface area contributed by atoms with Gasteiger partial charge in [-0.2, -0.15) is 10.1 Å². The van der Waals surface area contributed by atoms with Gasteiger partial charge in [0.15, 0.2) is 5.78 Å². The average molecular weight is 327 g/mol. The van der Waals surface area contributed by atoms with Crippen LogP contribution in [0.5, 0.6) is 0 Å². The summed E-state index contributed by atoms with van der Waals surface area (Å²) in [6.07, 6.45) is 1.28. The highest BCUT2D eigenvalue weighted by Gasteiger charge is 2.18. The van der Waals surface area contributed by atoms with Gasteiger partial charge in [0, 0.05) is 16.1 Å². The number of nitrogens with zero attached hydrogens (tertiary/aromatic N) is 2. The first-order chi connectivity index (χ1) is 11.1. The molecule has 0 bridgehead atoms. The zero-order valence-electron chi connectivity index (χ0n) is 11.8. The predicted octanol–water partition coefficient (Wildman–Crippen LogP) is 2.94. The number of halogens is 1. The summed E-state index contributed by atoms with van der Waals surface area (Å²) in [6, 6.07) is 13.1. The van der Waals surface area contributed by atoms with E-state index in [0.717, 1.165) is 0 Å². The Morgan fingerprint density at radius 2 is 1.70 bits per heavy atom. The van der Waals surface area contributed by atoms with Crippen LogP contribution in [0.1, 0.15) is 26.3 Å². The molecule has 0 aliphatic heterocycles. The van der Waals surface area contributed by atoms with Crippen LogP contribution in [-0.2, 0) is 0 Å². The lowest BCUT2D eigenvalue weighted by molar-refractivity contribution is 0.0996. The second kappa shape index (κ2) is 6.41. The Bertz CT molecular complexity index is 845. The average Bonchev–Trinajstić information content (AvgIpc) is 3.08. The van der Waals surface area contributed by atoms with Crippen molar-refractivity contribution in [2.45, 2.75) is 0 Å². The lowest BCUT2D eigenvalue weighted by Gasteiger charge is -2.08. The molecule has 0 radical (unpaired) electrons. The van der Waals surface area contributed by atoms with Gasteiger partial charge in [0.25, 0.3) is 5.91 Å². The number of anilines is 1. The monoisotopic (exact) mass is 326 g/mol. The number of carbonyl (C=O) groups excluding carboxylic acids is 2. The minimum Gasteiger partial charge on any atom is -0.291 e. The molecule has 1 aromatic heterocycles. The van der Waals surface area contributed by atoms with Crippen LogP contribution in [-0.4, -0.2) is 26.9 Å². The quantitative estimate of drug-likeness (QED) is 0.721. The van der Waals surface area contributed by atoms with Crippen LogP contribution >= 0.6 is 11.6 Å². The molecule has 114 valence electrons. The summed E-state index contributed by atoms with van der Waals surface area (Å²) in [7, 11) is 0. The van der Waals surface area contributed by atoms with Gasteiger partial charge in [-0.05, 0) is 30.3 Å². The molecule has 2 aromatic carbocycles. The maximum Gasteiger partial charge on any atom is 0.258 e. The summed E-state index contributed by atoms with van der Waals surface area (Å²) in [5.74, 6) is -0.492. The van der Waals surface area contributed by atoms with Gasteiger partial charge in [0.1, 0.15) is 6.33 Å². The summed E-state index contributed by atoms with van der Waals surface area (Å²) < 4.78 is 0. The lowest BCUT2D eigenvalue weighted by atomic mass is 9.98. The second-order valence-corrected chi connectivity index (χ2v) is 5.11. The van der Waals surface area contributed by atoms with E-state index in [2.05, 4.69) is 20.5 Å². The van der Waals surface area contributed by atoms with Crippen molar-refractivity contribution >= 4 is 29.2 Å². The minimum absolute atomic E-state index is 0.212. The van der Waals surface area contributed by atoms with Gasteiger partial charge >= 0.3 is 0 Å². The molecular weight excluding hydrogens is 316 g/mol. The molecule has 0 aliphatic carbocycles. The van der Waals surface area contributed by atoms with Crippen molar-refractivity contribution in [3.63, 3.8) is 0 Å². The Balaban J connectivity index is 1.92. The van der Waals surface area contributed by atoms with Crippen molar-refractivity contribution in [3.05, 3.63) is 76.6 Å². The van der Waals surface area contributed by atoms with Gasteiger partial charge in [0.2, 0.25) is 5.95 Å². The van der Waals surface area contributed by atoms with Crippen molar-refractivity contribution in [3.8, 4) is 0 Å². The molecule has 1 heterocycles. The van der Waals surface area contributed by atoms with Crippen LogP contribution in [0, 0.1) is 0 Å². The van der Waals surface area contributed by atoms with Crippen LogP contribution < -0.4 is 5.32 Å². The maximum atomic E-state index is 12.6. The standard InChI is InChI=1S/C16H11ClN4O2/c17-11-7-5-10(6-8-11)14(22)12-3-1-2-4-13(12)15(23)20-16-18-9-19-21-16/h1-9H,(H2,18,19,20,21,23). The van der Waals surface area contributed by atoms with Crippen molar-refractivity contribution in [1.29, 1.82) is 0 Å². The summed E-state index contributed by atoms with van der Waals surface area (Å²) in [6.45, 7) is 0. The van der Waals surface area contributed by atoms with Crippen LogP contribution in [0.15, 0.2) is 54.9 Å². The van der Waals surface area contributed by atoms with E-state index in [4.69, 9.17) is 11.6 Å². The fourth-order valence-electron chi connectivity index (χ4n) is 2.08. The van der Waals surface area contributed by atoms with Gasteiger partial charge in [-0.15, -0.1) is 0 Å². The first-order valence-corrected chi connectivity index (χ1v) is 7.09. The number of amides is 1. The van der Waals surface area contributed by atoms with E-state index in [1.165, 1.54) is 6.33 Å². The van der Waals surface area contributed by atoms with Gasteiger partial charge < -0.3 is 0 Å². The normalized spacial score (nSPS) is 10.3. The SMILES string of the molecule is O=C(Nc1ncn[nH]1)c1ccccc1C(=O)c1ccc(Cl)cc1. The molecule has 3 rings (SSSR count). The van der Waals surface area contributed by atoms with E-state index < -0.39 is 5.91 Å². The minimum atomic E-state index is -0.445. The molecule has 0 spiro atoms. The van der Waals surface area contributed by atoms with Gasteiger partial charge in [-0.3, -0.25) is 14.9 Å². The number of benzene rings is 2. The molecule has 7 heteroatoms. The molecular formula is C16H11ClN4O2. The highest BCUT2D eigenvalue weighted by molar-refractivity contribution is 6.30. The summed E-state index contributed by atoms with van der Waals surface area (Å²) in [4.78, 5) is 28.8. The smallest absolute Gasteiger partial charge is 0.258 e. The zero-order valence-corrected chi connectivity index (χ0v) is 12.5. The Morgan fingerprint density at radius 3 is 2.35 bits per heavy atom. The molecule has 1 amide bonds. The summed E-state index contributed by atoms with van der Waals surface area (Å²) in [5, 5.41) is 9.28. The first kappa shape index (κ1) is 14.9. The highest BCUT2D eigenvalue weighted by atomic mass is 35.5. The Morgan fingerprint density at radius 1 is 1.00 bits per heavy atom. The lowest BCUT2D eigenvalue weighted by Crippen LogP contribution is -2.17. The molecule has 2 N–H and O–H groups in total. The number of carbonyl (C=O) groups is 2. The number of aromatic amines is 1. The van der Waals surface area contributed by atoms with E-state index in [9.17, 15) is 9.59 Å². The number of hydrogen-bond acceptors (Lipinski definition) is 4.